The summed E-state index contributed by atoms with van der Waals surface area (Å²) in [6, 6.07) is 10.1. The predicted octanol–water partition coefficient (Wildman–Crippen LogP) is 3.45. The maximum absolute atomic E-state index is 13.5. The van der Waals surface area contributed by atoms with Gasteiger partial charge in [-0.05, 0) is 54.7 Å². The second kappa shape index (κ2) is 9.76. The summed E-state index contributed by atoms with van der Waals surface area (Å²) < 4.78 is 27.7. The van der Waals surface area contributed by atoms with Crippen LogP contribution in [0.2, 0.25) is 0 Å². The normalized spacial score (nSPS) is 16.5. The highest BCUT2D eigenvalue weighted by atomic mass is 32.2. The largest absolute Gasteiger partial charge is 0.371 e. The quantitative estimate of drug-likeness (QED) is 0.627. The van der Waals surface area contributed by atoms with Crippen LogP contribution < -0.4 is 15.5 Å². The van der Waals surface area contributed by atoms with Crippen LogP contribution in [-0.2, 0) is 16.6 Å². The molecular weight excluding hydrogens is 452 g/mol. The molecule has 182 valence electrons. The average molecular weight is 485 g/mol. The summed E-state index contributed by atoms with van der Waals surface area (Å²) in [4.78, 5) is 27.8. The van der Waals surface area contributed by atoms with Gasteiger partial charge >= 0.3 is 0 Å². The molecule has 2 N–H and O–H groups in total. The van der Waals surface area contributed by atoms with E-state index in [0.29, 0.717) is 42.4 Å². The fourth-order valence-electron chi connectivity index (χ4n) is 4.58. The van der Waals surface area contributed by atoms with Crippen molar-refractivity contribution in [3.05, 3.63) is 53.1 Å². The van der Waals surface area contributed by atoms with E-state index >= 15 is 0 Å². The molecule has 2 aliphatic rings. The van der Waals surface area contributed by atoms with Gasteiger partial charge in [-0.25, -0.2) is 8.42 Å². The van der Waals surface area contributed by atoms with Gasteiger partial charge in [-0.2, -0.15) is 4.31 Å². The number of nitrogens with zero attached hydrogens (tertiary/aromatic N) is 2. The molecule has 0 unspecified atom stereocenters. The van der Waals surface area contributed by atoms with E-state index in [4.69, 9.17) is 0 Å². The number of amides is 2. The van der Waals surface area contributed by atoms with Gasteiger partial charge in [0.25, 0.3) is 11.8 Å². The maximum Gasteiger partial charge on any atom is 0.257 e. The van der Waals surface area contributed by atoms with Crippen LogP contribution in [0.25, 0.3) is 0 Å². The average Bonchev–Trinajstić information content (AvgIpc) is 3.20. The van der Waals surface area contributed by atoms with E-state index < -0.39 is 15.9 Å². The second-order valence-corrected chi connectivity index (χ2v) is 10.9. The molecular formula is C25H32N4O4S. The standard InChI is InChI=1S/C25H32N4O4S/c1-4-29(5-2)34(32,33)20-8-9-23(28-12-10-17(3)11-13-28)22(15-20)25(31)27-19-7-6-18-16-26-24(30)21(18)14-19/h6-9,14-15,17H,4-5,10-13,16H2,1-3H3,(H,26,30)(H,27,31). The van der Waals surface area contributed by atoms with Crippen molar-refractivity contribution in [1.82, 2.24) is 9.62 Å². The zero-order chi connectivity index (χ0) is 24.5. The Hall–Kier alpha value is -2.91. The number of carbonyl (C=O) groups is 2. The van der Waals surface area contributed by atoms with E-state index in [1.165, 1.54) is 10.4 Å². The molecule has 1 saturated heterocycles. The van der Waals surface area contributed by atoms with E-state index in [2.05, 4.69) is 22.5 Å². The van der Waals surface area contributed by atoms with Crippen molar-refractivity contribution in [3.63, 3.8) is 0 Å². The number of anilines is 2. The van der Waals surface area contributed by atoms with Crippen molar-refractivity contribution >= 4 is 33.2 Å². The molecule has 2 amide bonds. The minimum Gasteiger partial charge on any atom is -0.371 e. The first-order chi connectivity index (χ1) is 16.2. The van der Waals surface area contributed by atoms with Gasteiger partial charge in [-0.1, -0.05) is 26.8 Å². The fraction of sp³-hybridized carbons (Fsp3) is 0.440. The molecule has 0 aromatic heterocycles. The van der Waals surface area contributed by atoms with Gasteiger partial charge in [0.1, 0.15) is 0 Å². The first-order valence-corrected chi connectivity index (χ1v) is 13.3. The van der Waals surface area contributed by atoms with Gasteiger partial charge in [0.15, 0.2) is 0 Å². The lowest BCUT2D eigenvalue weighted by molar-refractivity contribution is 0.0964. The zero-order valence-electron chi connectivity index (χ0n) is 19.9. The fourth-order valence-corrected chi connectivity index (χ4v) is 6.07. The Kier molecular flexibility index (Phi) is 6.95. The Bertz CT molecular complexity index is 1200. The molecule has 0 spiro atoms. The van der Waals surface area contributed by atoms with Crippen molar-refractivity contribution in [3.8, 4) is 0 Å². The summed E-state index contributed by atoms with van der Waals surface area (Å²) in [6.07, 6.45) is 2.03. The molecule has 2 aliphatic heterocycles. The smallest absolute Gasteiger partial charge is 0.257 e. The lowest BCUT2D eigenvalue weighted by Crippen LogP contribution is -2.35. The molecule has 0 bridgehead atoms. The van der Waals surface area contributed by atoms with Crippen molar-refractivity contribution in [2.24, 2.45) is 5.92 Å². The molecule has 34 heavy (non-hydrogen) atoms. The molecule has 0 atom stereocenters. The number of rotatable bonds is 7. The van der Waals surface area contributed by atoms with Crippen LogP contribution in [0, 0.1) is 5.92 Å². The summed E-state index contributed by atoms with van der Waals surface area (Å²) in [5.41, 5.74) is 2.96. The Morgan fingerprint density at radius 3 is 2.50 bits per heavy atom. The number of fused-ring (bicyclic) bond motifs is 1. The topological polar surface area (TPSA) is 98.8 Å². The first kappa shape index (κ1) is 24.2. The van der Waals surface area contributed by atoms with Crippen molar-refractivity contribution in [2.45, 2.75) is 45.1 Å². The Balaban J connectivity index is 1.71. The molecule has 2 aromatic rings. The Morgan fingerprint density at radius 2 is 1.82 bits per heavy atom. The number of benzene rings is 2. The first-order valence-electron chi connectivity index (χ1n) is 11.9. The zero-order valence-corrected chi connectivity index (χ0v) is 20.7. The highest BCUT2D eigenvalue weighted by Crippen LogP contribution is 2.30. The van der Waals surface area contributed by atoms with Crippen LogP contribution in [0.1, 0.15) is 59.9 Å². The molecule has 1 fully saturated rings. The van der Waals surface area contributed by atoms with Gasteiger partial charge < -0.3 is 15.5 Å². The van der Waals surface area contributed by atoms with E-state index in [1.54, 1.807) is 38.1 Å². The van der Waals surface area contributed by atoms with Gasteiger partial charge in [0.2, 0.25) is 10.0 Å². The highest BCUT2D eigenvalue weighted by molar-refractivity contribution is 7.89. The van der Waals surface area contributed by atoms with E-state index in [-0.39, 0.29) is 10.8 Å². The number of hydrogen-bond donors (Lipinski definition) is 2. The number of hydrogen-bond acceptors (Lipinski definition) is 5. The number of nitrogens with one attached hydrogen (secondary N) is 2. The maximum atomic E-state index is 13.5. The summed E-state index contributed by atoms with van der Waals surface area (Å²) in [5, 5.41) is 5.65. The van der Waals surface area contributed by atoms with Crippen molar-refractivity contribution < 1.29 is 18.0 Å². The lowest BCUT2D eigenvalue weighted by Gasteiger charge is -2.33. The molecule has 0 saturated carbocycles. The van der Waals surface area contributed by atoms with E-state index in [1.807, 2.05) is 6.07 Å². The molecule has 4 rings (SSSR count). The number of piperidine rings is 1. The molecule has 0 aliphatic carbocycles. The van der Waals surface area contributed by atoms with Crippen LogP contribution >= 0.6 is 0 Å². The van der Waals surface area contributed by atoms with Gasteiger partial charge in [-0.15, -0.1) is 0 Å². The molecule has 0 radical (unpaired) electrons. The van der Waals surface area contributed by atoms with Gasteiger partial charge in [0.05, 0.1) is 10.5 Å². The van der Waals surface area contributed by atoms with Gasteiger partial charge in [0, 0.05) is 49.7 Å². The summed E-state index contributed by atoms with van der Waals surface area (Å²) in [7, 11) is -3.72. The van der Waals surface area contributed by atoms with Crippen LogP contribution in [0.15, 0.2) is 41.3 Å². The minimum atomic E-state index is -3.72. The number of carbonyl (C=O) groups excluding carboxylic acids is 2. The Labute approximate surface area is 201 Å². The third kappa shape index (κ3) is 4.67. The third-order valence-corrected chi connectivity index (χ3v) is 8.78. The van der Waals surface area contributed by atoms with E-state index in [9.17, 15) is 18.0 Å². The molecule has 8 nitrogen and oxygen atoms in total. The molecule has 2 heterocycles. The van der Waals surface area contributed by atoms with Gasteiger partial charge in [-0.3, -0.25) is 9.59 Å². The monoisotopic (exact) mass is 484 g/mol. The second-order valence-electron chi connectivity index (χ2n) is 8.95. The SMILES string of the molecule is CCN(CC)S(=O)(=O)c1ccc(N2CCC(C)CC2)c(C(=O)Nc2ccc3c(c2)C(=O)NC3)c1. The summed E-state index contributed by atoms with van der Waals surface area (Å²) in [6.45, 7) is 8.60. The molecule has 2 aromatic carbocycles. The van der Waals surface area contributed by atoms with E-state index in [0.717, 1.165) is 37.2 Å². The minimum absolute atomic E-state index is 0.101. The predicted molar refractivity (Wildman–Crippen MR) is 133 cm³/mol. The van der Waals surface area contributed by atoms with Crippen molar-refractivity contribution in [1.29, 1.82) is 0 Å². The van der Waals surface area contributed by atoms with Crippen LogP contribution in [-0.4, -0.2) is 50.7 Å². The summed E-state index contributed by atoms with van der Waals surface area (Å²) >= 11 is 0. The third-order valence-electron chi connectivity index (χ3n) is 6.73. The molecule has 9 heteroatoms. The number of sulfonamides is 1. The van der Waals surface area contributed by atoms with Crippen LogP contribution in [0.3, 0.4) is 0 Å². The van der Waals surface area contributed by atoms with Crippen LogP contribution in [0.5, 0.6) is 0 Å². The lowest BCUT2D eigenvalue weighted by atomic mass is 9.98. The van der Waals surface area contributed by atoms with Crippen molar-refractivity contribution in [2.75, 3.05) is 36.4 Å². The Morgan fingerprint density at radius 1 is 1.12 bits per heavy atom. The van der Waals surface area contributed by atoms with Crippen LogP contribution in [0.4, 0.5) is 11.4 Å². The summed E-state index contributed by atoms with van der Waals surface area (Å²) in [5.74, 6) is 0.0542. The highest BCUT2D eigenvalue weighted by Gasteiger charge is 2.27.